The number of fused-ring (bicyclic) bond motifs is 1. The molecule has 25 heavy (non-hydrogen) atoms. The molecule has 1 unspecified atom stereocenters. The molecule has 0 aromatic rings. The van der Waals surface area contributed by atoms with Crippen LogP contribution >= 0.6 is 0 Å². The summed E-state index contributed by atoms with van der Waals surface area (Å²) in [5.74, 6) is 2.83. The van der Waals surface area contributed by atoms with Gasteiger partial charge in [0.2, 0.25) is 0 Å². The van der Waals surface area contributed by atoms with E-state index in [1.165, 1.54) is 62.4 Å². The lowest BCUT2D eigenvalue weighted by molar-refractivity contribution is -0.113. The molecule has 1 heteroatoms. The summed E-state index contributed by atoms with van der Waals surface area (Å²) in [7, 11) is 0. The highest BCUT2D eigenvalue weighted by atomic mass is 16.1. The summed E-state index contributed by atoms with van der Waals surface area (Å²) in [4.78, 5) is 11.4. The van der Waals surface area contributed by atoms with E-state index in [0.29, 0.717) is 23.2 Å². The Hall–Kier alpha value is -1.11. The molecule has 3 saturated carbocycles. The van der Waals surface area contributed by atoms with Crippen molar-refractivity contribution in [3.05, 3.63) is 35.5 Å². The topological polar surface area (TPSA) is 17.1 Å². The second-order valence-corrected chi connectivity index (χ2v) is 9.50. The second-order valence-electron chi connectivity index (χ2n) is 9.50. The number of hydrogen-bond acceptors (Lipinski definition) is 1. The van der Waals surface area contributed by atoms with Gasteiger partial charge in [-0.2, -0.15) is 0 Å². The van der Waals surface area contributed by atoms with Gasteiger partial charge >= 0.3 is 0 Å². The molecule has 0 aliphatic heterocycles. The molecule has 3 aliphatic carbocycles. The van der Waals surface area contributed by atoms with Gasteiger partial charge in [-0.1, -0.05) is 52.0 Å². The number of carbonyl (C=O) groups excluding carboxylic acids is 1. The lowest BCUT2D eigenvalue weighted by Crippen LogP contribution is -2.36. The van der Waals surface area contributed by atoms with Crippen molar-refractivity contribution in [2.24, 2.45) is 35.0 Å². The molecular weight excluding hydrogens is 304 g/mol. The van der Waals surface area contributed by atoms with Crippen LogP contribution in [0, 0.1) is 35.0 Å². The lowest BCUT2D eigenvalue weighted by atomic mass is 9.61. The lowest BCUT2D eigenvalue weighted by Gasteiger charge is -2.43. The number of aldehydes is 1. The maximum absolute atomic E-state index is 11.4. The first-order chi connectivity index (χ1) is 11.9. The Morgan fingerprint density at radius 1 is 1.24 bits per heavy atom. The Labute approximate surface area is 154 Å². The van der Waals surface area contributed by atoms with Crippen molar-refractivity contribution in [3.63, 3.8) is 0 Å². The van der Waals surface area contributed by atoms with Crippen LogP contribution in [0.2, 0.25) is 0 Å². The molecule has 0 amide bonds. The van der Waals surface area contributed by atoms with Crippen molar-refractivity contribution in [2.45, 2.75) is 72.6 Å². The fourth-order valence-electron chi connectivity index (χ4n) is 6.27. The maximum Gasteiger partial charge on any atom is 0.123 e. The molecule has 0 radical (unpaired) electrons. The molecule has 0 bridgehead atoms. The molecule has 1 nitrogen and oxygen atoms in total. The van der Waals surface area contributed by atoms with Gasteiger partial charge in [-0.05, 0) is 85.2 Å². The zero-order valence-electron chi connectivity index (χ0n) is 16.7. The fraction of sp³-hybridized carbons (Fsp3) is 0.708. The summed E-state index contributed by atoms with van der Waals surface area (Å²) in [6, 6.07) is 0. The normalized spacial score (nSPS) is 43.3. The van der Waals surface area contributed by atoms with Gasteiger partial charge in [-0.15, -0.1) is 0 Å². The van der Waals surface area contributed by atoms with E-state index in [2.05, 4.69) is 46.4 Å². The van der Waals surface area contributed by atoms with Crippen LogP contribution in [0.4, 0.5) is 0 Å². The van der Waals surface area contributed by atoms with Crippen molar-refractivity contribution in [1.29, 1.82) is 0 Å². The molecule has 3 aliphatic rings. The average molecular weight is 341 g/mol. The summed E-state index contributed by atoms with van der Waals surface area (Å²) >= 11 is 0. The van der Waals surface area contributed by atoms with E-state index >= 15 is 0 Å². The quantitative estimate of drug-likeness (QED) is 0.535. The van der Waals surface area contributed by atoms with Crippen LogP contribution in [0.3, 0.4) is 0 Å². The third-order valence-corrected chi connectivity index (χ3v) is 7.72. The van der Waals surface area contributed by atoms with Crippen LogP contribution in [-0.4, -0.2) is 6.29 Å². The molecule has 0 aromatic heterocycles. The van der Waals surface area contributed by atoms with Gasteiger partial charge in [0.05, 0.1) is 0 Å². The highest BCUT2D eigenvalue weighted by molar-refractivity contribution is 5.54. The van der Waals surface area contributed by atoms with Crippen LogP contribution in [0.5, 0.6) is 0 Å². The standard InChI is InChI=1S/C24H36O/c1-16-13-17(2)19(4)21(14-16)9-8-20-7-6-12-24(5)22(18(3)15-25)10-11-23(20)24/h8-9,15-18,22-23H,4,6-7,10-14H2,1-3,5H3/b20-8+,21-9+/t16-,17-,18+,22?,23-,24+/m0/s1. The Kier molecular flexibility index (Phi) is 5.42. The van der Waals surface area contributed by atoms with Gasteiger partial charge in [-0.3, -0.25) is 0 Å². The maximum atomic E-state index is 11.4. The van der Waals surface area contributed by atoms with Gasteiger partial charge in [0.25, 0.3) is 0 Å². The first kappa shape index (κ1) is 18.7. The SMILES string of the molecule is C=C1/C(=C/C=C2\CCC[C@]3(C)C([C@H](C)C=O)CC[C@@H]23)C[C@@H](C)C[C@@H]1C. The van der Waals surface area contributed by atoms with E-state index in [-0.39, 0.29) is 5.92 Å². The van der Waals surface area contributed by atoms with Gasteiger partial charge in [0.15, 0.2) is 0 Å². The van der Waals surface area contributed by atoms with Crippen molar-refractivity contribution in [3.8, 4) is 0 Å². The minimum Gasteiger partial charge on any atom is -0.303 e. The van der Waals surface area contributed by atoms with Gasteiger partial charge in [0.1, 0.15) is 6.29 Å². The van der Waals surface area contributed by atoms with Gasteiger partial charge in [0, 0.05) is 5.92 Å². The summed E-state index contributed by atoms with van der Waals surface area (Å²) in [6.07, 6.45) is 14.8. The number of carbonyl (C=O) groups is 1. The highest BCUT2D eigenvalue weighted by Crippen LogP contribution is 2.59. The van der Waals surface area contributed by atoms with Crippen LogP contribution in [-0.2, 0) is 4.79 Å². The number of rotatable bonds is 3. The van der Waals surface area contributed by atoms with Crippen molar-refractivity contribution in [1.82, 2.24) is 0 Å². The summed E-state index contributed by atoms with van der Waals surface area (Å²) in [5, 5.41) is 0. The Morgan fingerprint density at radius 2 is 2.00 bits per heavy atom. The molecule has 138 valence electrons. The first-order valence-electron chi connectivity index (χ1n) is 10.4. The zero-order chi connectivity index (χ0) is 18.2. The number of allylic oxidation sites excluding steroid dienone is 5. The largest absolute Gasteiger partial charge is 0.303 e. The Bertz CT molecular complexity index is 595. The van der Waals surface area contributed by atoms with Crippen LogP contribution in [0.25, 0.3) is 0 Å². The van der Waals surface area contributed by atoms with E-state index in [4.69, 9.17) is 0 Å². The van der Waals surface area contributed by atoms with Crippen molar-refractivity contribution in [2.75, 3.05) is 0 Å². The minimum atomic E-state index is 0.201. The van der Waals surface area contributed by atoms with E-state index < -0.39 is 0 Å². The third-order valence-electron chi connectivity index (χ3n) is 7.72. The predicted octanol–water partition coefficient (Wildman–Crippen LogP) is 6.51. The van der Waals surface area contributed by atoms with E-state index in [1.54, 1.807) is 5.57 Å². The van der Waals surface area contributed by atoms with Gasteiger partial charge in [-0.25, -0.2) is 0 Å². The molecule has 0 N–H and O–H groups in total. The smallest absolute Gasteiger partial charge is 0.123 e. The molecule has 0 saturated heterocycles. The second kappa shape index (κ2) is 7.25. The third kappa shape index (κ3) is 3.44. The summed E-state index contributed by atoms with van der Waals surface area (Å²) in [6.45, 7) is 13.6. The van der Waals surface area contributed by atoms with Crippen LogP contribution in [0.1, 0.15) is 72.6 Å². The minimum absolute atomic E-state index is 0.201. The van der Waals surface area contributed by atoms with Crippen LogP contribution in [0.15, 0.2) is 35.5 Å². The summed E-state index contributed by atoms with van der Waals surface area (Å²) in [5.41, 5.74) is 4.79. The molecule has 6 atom stereocenters. The number of hydrogen-bond donors (Lipinski definition) is 0. The predicted molar refractivity (Wildman–Crippen MR) is 106 cm³/mol. The molecular formula is C24H36O. The van der Waals surface area contributed by atoms with E-state index in [0.717, 1.165) is 5.92 Å². The first-order valence-corrected chi connectivity index (χ1v) is 10.4. The fourth-order valence-corrected chi connectivity index (χ4v) is 6.27. The highest BCUT2D eigenvalue weighted by Gasteiger charge is 2.50. The monoisotopic (exact) mass is 340 g/mol. The van der Waals surface area contributed by atoms with E-state index in [1.807, 2.05) is 0 Å². The van der Waals surface area contributed by atoms with Crippen molar-refractivity contribution < 1.29 is 4.79 Å². The van der Waals surface area contributed by atoms with Gasteiger partial charge < -0.3 is 4.79 Å². The zero-order valence-corrected chi connectivity index (χ0v) is 16.7. The summed E-state index contributed by atoms with van der Waals surface area (Å²) < 4.78 is 0. The van der Waals surface area contributed by atoms with Crippen molar-refractivity contribution >= 4 is 6.29 Å². The Balaban J connectivity index is 1.83. The van der Waals surface area contributed by atoms with Crippen LogP contribution < -0.4 is 0 Å². The molecule has 0 heterocycles. The Morgan fingerprint density at radius 3 is 2.72 bits per heavy atom. The molecule has 0 spiro atoms. The molecule has 3 fully saturated rings. The average Bonchev–Trinajstić information content (AvgIpc) is 2.93. The molecule has 3 rings (SSSR count). The molecule has 0 aromatic carbocycles. The van der Waals surface area contributed by atoms with E-state index in [9.17, 15) is 4.79 Å².